The Balaban J connectivity index is 0.000000182. The monoisotopic (exact) mass is 791 g/mol. The van der Waals surface area contributed by atoms with E-state index >= 15 is 0 Å². The summed E-state index contributed by atoms with van der Waals surface area (Å²) >= 11 is 0. The van der Waals surface area contributed by atoms with Crippen LogP contribution in [0.1, 0.15) is 82.6 Å². The lowest BCUT2D eigenvalue weighted by Gasteiger charge is -2.18. The maximum atomic E-state index is 12.0. The molecule has 0 aliphatic carbocycles. The largest absolute Gasteiger partial charge is 0.391 e. The van der Waals surface area contributed by atoms with Gasteiger partial charge in [0.2, 0.25) is 0 Å². The molecule has 2 atom stereocenters. The lowest BCUT2D eigenvalue weighted by molar-refractivity contribution is -0.116. The van der Waals surface area contributed by atoms with Gasteiger partial charge in [0.1, 0.15) is 0 Å². The fraction of sp³-hybridized carbons (Fsp3) is 0.378. The summed E-state index contributed by atoms with van der Waals surface area (Å²) in [6.07, 6.45) is -7.69. The van der Waals surface area contributed by atoms with Crippen molar-refractivity contribution in [1.82, 2.24) is 29.3 Å². The molecule has 3 aliphatic heterocycles. The summed E-state index contributed by atoms with van der Waals surface area (Å²) in [5.41, 5.74) is 0.280. The zero-order valence-corrected chi connectivity index (χ0v) is 31.6. The van der Waals surface area contributed by atoms with E-state index in [2.05, 4.69) is 15.3 Å². The van der Waals surface area contributed by atoms with E-state index in [4.69, 9.17) is 26.0 Å². The van der Waals surface area contributed by atoms with Crippen LogP contribution < -0.4 is 14.7 Å². The highest BCUT2D eigenvalue weighted by molar-refractivity contribution is 5.86. The first-order valence-corrected chi connectivity index (χ1v) is 18.1. The number of nitrogens with zero attached hydrogens (tertiary/aromatic N) is 9. The summed E-state index contributed by atoms with van der Waals surface area (Å²) in [6.45, 7) is -11.0. The molecule has 3 saturated heterocycles. The maximum Gasteiger partial charge on any atom is 0.153 e. The first-order chi connectivity index (χ1) is 34.9. The van der Waals surface area contributed by atoms with E-state index in [0.717, 1.165) is 23.6 Å². The highest BCUT2D eigenvalue weighted by Gasteiger charge is 2.32. The molecule has 3 aliphatic rings. The molecule has 0 radical (unpaired) electrons. The second-order valence-electron chi connectivity index (χ2n) is 12.4. The Hall–Kier alpha value is -5.72. The molecule has 300 valence electrons. The summed E-state index contributed by atoms with van der Waals surface area (Å²) in [5.74, 6) is -1.85. The molecule has 3 fully saturated rings. The Morgan fingerprint density at radius 3 is 1.47 bits per heavy atom. The van der Waals surface area contributed by atoms with Gasteiger partial charge < -0.3 is 24.9 Å². The fourth-order valence-electron chi connectivity index (χ4n) is 5.30. The van der Waals surface area contributed by atoms with Crippen LogP contribution in [0.25, 0.3) is 0 Å². The van der Waals surface area contributed by atoms with Crippen LogP contribution in [0.4, 0.5) is 17.5 Å². The van der Waals surface area contributed by atoms with Gasteiger partial charge in [0, 0.05) is 92.1 Å². The second-order valence-corrected chi connectivity index (χ2v) is 12.4. The van der Waals surface area contributed by atoms with Crippen LogP contribution in [0.3, 0.4) is 0 Å². The number of rotatable bonds is 9. The standard InChI is InChI=1S/C15H19N3O.C14H17N3O.C14H15N3O.C2H6/c1-15(19)8-10-17(12-15)14-7-9-18(16-14)11-13-5-3-2-4-6-13;2*18-13-6-8-16(11-13)14-7-9-17(15-14)10-12-4-2-1-3-5-12;1-2/h2-7,9,19H,8,10-12H2,1H3;1-5,7,9,13,18H,6,8,10-11H2;1-5,7,9H,6,8,10-11H2;1-2H3/i8D2,10D2,12D2;6D2,8D2,11D2,13D;6D2,8D2,11D2;. The van der Waals surface area contributed by atoms with E-state index in [1.165, 1.54) is 44.6 Å². The average Bonchev–Trinajstić information content (AvgIpc) is 4.14. The van der Waals surface area contributed by atoms with Crippen LogP contribution in [-0.4, -0.2) is 96.0 Å². The van der Waals surface area contributed by atoms with E-state index in [1.54, 1.807) is 6.20 Å². The third-order valence-electron chi connectivity index (χ3n) is 7.87. The number of hydrogen-bond acceptors (Lipinski definition) is 9. The fourth-order valence-corrected chi connectivity index (χ4v) is 5.30. The van der Waals surface area contributed by atoms with Gasteiger partial charge in [0.25, 0.3) is 0 Å². The average molecular weight is 791 g/mol. The van der Waals surface area contributed by atoms with E-state index in [0.29, 0.717) is 34.3 Å². The minimum atomic E-state index is -3.31. The molecule has 12 nitrogen and oxygen atoms in total. The third-order valence-corrected chi connectivity index (χ3v) is 7.87. The molecule has 0 saturated carbocycles. The van der Waals surface area contributed by atoms with E-state index in [9.17, 15) is 15.0 Å². The number of aromatic nitrogens is 6. The highest BCUT2D eigenvalue weighted by atomic mass is 16.3. The van der Waals surface area contributed by atoms with Gasteiger partial charge in [0.15, 0.2) is 23.2 Å². The van der Waals surface area contributed by atoms with Gasteiger partial charge in [-0.25, -0.2) is 0 Å². The number of aliphatic hydroxyl groups is 2. The molecular weight excluding hydrogens is 715 g/mol. The highest BCUT2D eigenvalue weighted by Crippen LogP contribution is 2.25. The number of β-amino-alcohol motifs (C(OH)–C–C–N with tert-alkyl or cyclic N) is 2. The molecule has 6 heterocycles. The number of hydrogen-bond donors (Lipinski definition) is 2. The minimum absolute atomic E-state index is 0.0763. The molecule has 0 bridgehead atoms. The van der Waals surface area contributed by atoms with Crippen molar-refractivity contribution in [2.75, 3.05) is 53.7 Å². The molecule has 2 N–H and O–H groups in total. The predicted octanol–water partition coefficient (Wildman–Crippen LogP) is 6.13. The molecule has 57 heavy (non-hydrogen) atoms. The Bertz CT molecular complexity index is 2770. The number of ketones is 1. The summed E-state index contributed by atoms with van der Waals surface area (Å²) < 4.78 is 155. The van der Waals surface area contributed by atoms with Crippen molar-refractivity contribution in [3.8, 4) is 0 Å². The summed E-state index contributed by atoms with van der Waals surface area (Å²) in [4.78, 5) is 13.4. The topological polar surface area (TPSA) is 121 Å². The Kier molecular flexibility index (Phi) is 8.00. The zero-order chi connectivity index (χ0) is 57.1. The smallest absolute Gasteiger partial charge is 0.153 e. The number of anilines is 3. The summed E-state index contributed by atoms with van der Waals surface area (Å²) in [6, 6.07) is 32.2. The maximum absolute atomic E-state index is 12.0. The molecule has 2 unspecified atom stereocenters. The van der Waals surface area contributed by atoms with Gasteiger partial charge in [-0.2, -0.15) is 15.3 Å². The minimum Gasteiger partial charge on any atom is -0.391 e. The van der Waals surface area contributed by atoms with Crippen molar-refractivity contribution >= 4 is 23.2 Å². The number of carbonyl (C=O) groups excluding carboxylic acids is 1. The van der Waals surface area contributed by atoms with Crippen LogP contribution in [0, 0.1) is 0 Å². The van der Waals surface area contributed by atoms with Crippen molar-refractivity contribution in [3.05, 3.63) is 144 Å². The van der Waals surface area contributed by atoms with Crippen LogP contribution >= 0.6 is 0 Å². The van der Waals surface area contributed by atoms with Crippen LogP contribution in [-0.2, 0) is 24.4 Å². The lowest BCUT2D eigenvalue weighted by atomic mass is 10.1. The lowest BCUT2D eigenvalue weighted by Crippen LogP contribution is -2.29. The number of Topliss-reactive ketones (excluding diaryl/α,β-unsaturated/α-hetero) is 1. The van der Waals surface area contributed by atoms with Crippen molar-refractivity contribution in [2.45, 2.75) is 71.2 Å². The summed E-state index contributed by atoms with van der Waals surface area (Å²) in [5, 5.41) is 32.9. The Labute approximate surface area is 363 Å². The van der Waals surface area contributed by atoms with Gasteiger partial charge in [-0.15, -0.1) is 0 Å². The SMILES string of the molecule is CC.[2H]C1([2H])C(=O)C([2H])([2H])C([2H])([2H])N1c1ccn(Cc2ccccc2)n1.[2H]C1([2H])N(c2ccn(Cc3ccccc3)n2)C([2H])([2H])C(C)(O)C1([2H])[2H].[2H]C1([2H])N(c2ccn(Cc3ccccc3)n2)C([2H])([2H])C([2H])(O)C1([2H])[2H]. The molecule has 6 aromatic rings. The molecule has 12 heteroatoms. The van der Waals surface area contributed by atoms with Gasteiger partial charge >= 0.3 is 0 Å². The molecule has 3 aromatic carbocycles. The van der Waals surface area contributed by atoms with E-state index in [1.807, 2.05) is 105 Å². The van der Waals surface area contributed by atoms with Gasteiger partial charge in [-0.05, 0) is 36.4 Å². The Morgan fingerprint density at radius 1 is 0.667 bits per heavy atom. The zero-order valence-electron chi connectivity index (χ0n) is 50.6. The molecule has 9 rings (SSSR count). The number of carbonyl (C=O) groups is 1. The van der Waals surface area contributed by atoms with Crippen LogP contribution in [0.2, 0.25) is 0 Å². The molecule has 0 amide bonds. The third kappa shape index (κ3) is 12.1. The first-order valence-electron chi connectivity index (χ1n) is 27.6. The quantitative estimate of drug-likeness (QED) is 0.178. The van der Waals surface area contributed by atoms with Crippen molar-refractivity contribution in [3.63, 3.8) is 0 Å². The second kappa shape index (κ2) is 19.9. The van der Waals surface area contributed by atoms with Crippen molar-refractivity contribution in [1.29, 1.82) is 0 Å². The van der Waals surface area contributed by atoms with Crippen molar-refractivity contribution in [2.24, 2.45) is 0 Å². The molecule has 3 aromatic heterocycles. The van der Waals surface area contributed by atoms with Crippen LogP contribution in [0.5, 0.6) is 0 Å². The predicted molar refractivity (Wildman–Crippen MR) is 227 cm³/mol. The van der Waals surface area contributed by atoms with Gasteiger partial charge in [-0.1, -0.05) is 105 Å². The van der Waals surface area contributed by atoms with E-state index in [-0.39, 0.29) is 17.5 Å². The summed E-state index contributed by atoms with van der Waals surface area (Å²) in [7, 11) is 0. The van der Waals surface area contributed by atoms with Gasteiger partial charge in [-0.3, -0.25) is 18.8 Å². The first kappa shape index (κ1) is 22.9. The normalized spacial score (nSPS) is 32.9. The van der Waals surface area contributed by atoms with Gasteiger partial charge in [0.05, 0.1) is 47.4 Å². The number of benzene rings is 3. The molecular formula is C45H57N9O3. The van der Waals surface area contributed by atoms with Crippen molar-refractivity contribution < 1.29 is 41.1 Å². The Morgan fingerprint density at radius 2 is 1.11 bits per heavy atom. The van der Waals surface area contributed by atoms with Crippen LogP contribution in [0.15, 0.2) is 128 Å². The van der Waals surface area contributed by atoms with E-state index < -0.39 is 75.6 Å². The molecule has 0 spiro atoms.